The predicted octanol–water partition coefficient (Wildman–Crippen LogP) is 4.00. The number of carbonyl (C=O) groups excluding carboxylic acids is 1. The molecule has 2 aliphatic rings. The topological polar surface area (TPSA) is 59.8 Å². The molecular weight excluding hydrogens is 355 g/mol. The zero-order valence-electron chi connectivity index (χ0n) is 15.3. The highest BCUT2D eigenvalue weighted by Gasteiger charge is 2.43. The van der Waals surface area contributed by atoms with E-state index in [1.807, 2.05) is 12.1 Å². The highest BCUT2D eigenvalue weighted by Crippen LogP contribution is 2.44. The van der Waals surface area contributed by atoms with E-state index in [1.165, 1.54) is 24.0 Å². The lowest BCUT2D eigenvalue weighted by Gasteiger charge is -2.38. The molecule has 1 aliphatic heterocycles. The molecule has 0 unspecified atom stereocenters. The van der Waals surface area contributed by atoms with Gasteiger partial charge in [-0.2, -0.15) is 10.1 Å². The molecule has 2 heterocycles. The predicted molar refractivity (Wildman–Crippen MR) is 103 cm³/mol. The second-order valence-electron chi connectivity index (χ2n) is 7.38. The van der Waals surface area contributed by atoms with Crippen molar-refractivity contribution >= 4 is 11.7 Å². The maximum atomic E-state index is 13.5. The summed E-state index contributed by atoms with van der Waals surface area (Å²) in [5.41, 5.74) is 4.02. The van der Waals surface area contributed by atoms with E-state index in [9.17, 15) is 9.18 Å². The monoisotopic (exact) mass is 374 g/mol. The summed E-state index contributed by atoms with van der Waals surface area (Å²) in [6.07, 6.45) is 4.05. The first-order valence-electron chi connectivity index (χ1n) is 9.34. The molecule has 0 bridgehead atoms. The minimum Gasteiger partial charge on any atom is -0.328 e. The van der Waals surface area contributed by atoms with Gasteiger partial charge in [-0.1, -0.05) is 42.5 Å². The van der Waals surface area contributed by atoms with Gasteiger partial charge in [0.05, 0.1) is 12.0 Å². The number of anilines is 1. The number of nitrogens with zero attached hydrogens (tertiary/aromatic N) is 3. The quantitative estimate of drug-likeness (QED) is 0.737. The van der Waals surface area contributed by atoms with Crippen molar-refractivity contribution < 1.29 is 9.18 Å². The van der Waals surface area contributed by atoms with Crippen molar-refractivity contribution in [1.82, 2.24) is 14.8 Å². The van der Waals surface area contributed by atoms with Crippen LogP contribution in [0.4, 0.5) is 10.3 Å². The summed E-state index contributed by atoms with van der Waals surface area (Å²) in [4.78, 5) is 17.6. The maximum absolute atomic E-state index is 13.5. The summed E-state index contributed by atoms with van der Waals surface area (Å²) < 4.78 is 15.2. The fourth-order valence-electron chi connectivity index (χ4n) is 4.37. The Morgan fingerprint density at radius 2 is 1.93 bits per heavy atom. The first kappa shape index (κ1) is 16.9. The van der Waals surface area contributed by atoms with E-state index in [-0.39, 0.29) is 29.5 Å². The Hall–Kier alpha value is -3.28. The molecule has 3 aromatic rings. The average Bonchev–Trinajstić information content (AvgIpc) is 3.15. The van der Waals surface area contributed by atoms with Crippen LogP contribution >= 0.6 is 0 Å². The lowest BCUT2D eigenvalue weighted by Crippen LogP contribution is -2.40. The second kappa shape index (κ2) is 6.41. The Kier molecular flexibility index (Phi) is 3.86. The number of aromatic nitrogens is 3. The molecule has 6 heteroatoms. The van der Waals surface area contributed by atoms with Crippen LogP contribution in [0.15, 0.2) is 66.6 Å². The van der Waals surface area contributed by atoms with Crippen molar-refractivity contribution in [3.05, 3.63) is 89.1 Å². The molecule has 28 heavy (non-hydrogen) atoms. The number of nitrogens with one attached hydrogen (secondary N) is 1. The number of allylic oxidation sites excluding steroid dienone is 2. The number of aryl methyl sites for hydroxylation is 1. The molecule has 140 valence electrons. The van der Waals surface area contributed by atoms with Crippen molar-refractivity contribution in [2.45, 2.75) is 25.3 Å². The number of fused-ring (bicyclic) bond motifs is 2. The Labute approximate surface area is 161 Å². The number of benzene rings is 2. The van der Waals surface area contributed by atoms with Crippen molar-refractivity contribution in [2.75, 3.05) is 5.32 Å². The normalized spacial score (nSPS) is 23.4. The van der Waals surface area contributed by atoms with Crippen LogP contribution in [0.3, 0.4) is 0 Å². The minimum absolute atomic E-state index is 0.0239. The molecule has 3 atom stereocenters. The Bertz CT molecular complexity index is 1090. The number of Topliss-reactive ketones (excluding diaryl/α,β-unsaturated/α-hetero) is 1. The smallest absolute Gasteiger partial charge is 0.226 e. The number of halogens is 1. The first-order valence-corrected chi connectivity index (χ1v) is 9.34. The standard InChI is InChI=1S/C22H19FN4O/c1-13-4-2-3-5-17(13)15-10-18-20(19(28)11-15)21(14-6-8-16(23)9-7-14)27-22(26-18)24-12-25-27/h2-10,12,15,20-21H,11H2,1H3,(H,24,25,26)/t15-,20-,21-/m0/s1. The highest BCUT2D eigenvalue weighted by molar-refractivity contribution is 5.88. The van der Waals surface area contributed by atoms with Gasteiger partial charge in [-0.05, 0) is 35.7 Å². The summed E-state index contributed by atoms with van der Waals surface area (Å²) in [5, 5.41) is 7.62. The van der Waals surface area contributed by atoms with Crippen LogP contribution < -0.4 is 5.32 Å². The molecule has 1 N–H and O–H groups in total. The lowest BCUT2D eigenvalue weighted by molar-refractivity contribution is -0.123. The summed E-state index contributed by atoms with van der Waals surface area (Å²) in [5.74, 6) is 0.0707. The van der Waals surface area contributed by atoms with Crippen LogP contribution in [0.1, 0.15) is 35.1 Å². The minimum atomic E-state index is -0.389. The third-order valence-electron chi connectivity index (χ3n) is 5.69. The van der Waals surface area contributed by atoms with Crippen LogP contribution in [0.2, 0.25) is 0 Å². The van der Waals surface area contributed by atoms with Crippen molar-refractivity contribution in [1.29, 1.82) is 0 Å². The molecule has 0 radical (unpaired) electrons. The number of ketones is 1. The zero-order chi connectivity index (χ0) is 19.3. The van der Waals surface area contributed by atoms with E-state index in [4.69, 9.17) is 0 Å². The van der Waals surface area contributed by atoms with Gasteiger partial charge in [0, 0.05) is 18.0 Å². The fourth-order valence-corrected chi connectivity index (χ4v) is 4.37. The van der Waals surface area contributed by atoms with Gasteiger partial charge in [-0.25, -0.2) is 9.07 Å². The van der Waals surface area contributed by atoms with E-state index in [0.717, 1.165) is 16.8 Å². The van der Waals surface area contributed by atoms with Crippen LogP contribution in [0.5, 0.6) is 0 Å². The van der Waals surface area contributed by atoms with Gasteiger partial charge in [0.25, 0.3) is 0 Å². The maximum Gasteiger partial charge on any atom is 0.226 e. The van der Waals surface area contributed by atoms with Crippen LogP contribution in [-0.4, -0.2) is 20.5 Å². The molecule has 0 amide bonds. The summed E-state index contributed by atoms with van der Waals surface area (Å²) in [6.45, 7) is 2.07. The molecule has 0 saturated heterocycles. The summed E-state index contributed by atoms with van der Waals surface area (Å²) in [7, 11) is 0. The molecular formula is C22H19FN4O. The highest BCUT2D eigenvalue weighted by atomic mass is 19.1. The van der Waals surface area contributed by atoms with E-state index in [2.05, 4.69) is 40.5 Å². The van der Waals surface area contributed by atoms with E-state index < -0.39 is 0 Å². The van der Waals surface area contributed by atoms with Gasteiger partial charge >= 0.3 is 0 Å². The third-order valence-corrected chi connectivity index (χ3v) is 5.69. The van der Waals surface area contributed by atoms with Gasteiger partial charge in [-0.15, -0.1) is 0 Å². The van der Waals surface area contributed by atoms with Gasteiger partial charge < -0.3 is 5.32 Å². The molecule has 0 fully saturated rings. The molecule has 5 nitrogen and oxygen atoms in total. The average molecular weight is 374 g/mol. The molecule has 2 aromatic carbocycles. The first-order chi connectivity index (χ1) is 13.6. The summed E-state index contributed by atoms with van der Waals surface area (Å²) in [6, 6.07) is 14.1. The molecule has 5 rings (SSSR count). The van der Waals surface area contributed by atoms with E-state index in [1.54, 1.807) is 16.8 Å². The van der Waals surface area contributed by atoms with Crippen molar-refractivity contribution in [2.24, 2.45) is 5.92 Å². The molecule has 1 aliphatic carbocycles. The SMILES string of the molecule is Cc1ccccc1[C@H]1C=C2Nc3ncnn3[C@@H](c3ccc(F)cc3)[C@@H]2C(=O)C1. The van der Waals surface area contributed by atoms with Gasteiger partial charge in [0.15, 0.2) is 0 Å². The fraction of sp³-hybridized carbons (Fsp3) is 0.227. The third kappa shape index (κ3) is 2.64. The lowest BCUT2D eigenvalue weighted by atomic mass is 9.75. The molecule has 1 aromatic heterocycles. The molecule has 0 spiro atoms. The largest absolute Gasteiger partial charge is 0.328 e. The number of hydrogen-bond acceptors (Lipinski definition) is 4. The van der Waals surface area contributed by atoms with Gasteiger partial charge in [0.2, 0.25) is 5.95 Å². The van der Waals surface area contributed by atoms with Gasteiger partial charge in [0.1, 0.15) is 17.9 Å². The number of rotatable bonds is 2. The van der Waals surface area contributed by atoms with Gasteiger partial charge in [-0.3, -0.25) is 4.79 Å². The zero-order valence-corrected chi connectivity index (χ0v) is 15.3. The summed E-state index contributed by atoms with van der Waals surface area (Å²) >= 11 is 0. The van der Waals surface area contributed by atoms with E-state index >= 15 is 0 Å². The van der Waals surface area contributed by atoms with Crippen molar-refractivity contribution in [3.8, 4) is 0 Å². The molecule has 0 saturated carbocycles. The van der Waals surface area contributed by atoms with Crippen molar-refractivity contribution in [3.63, 3.8) is 0 Å². The van der Waals surface area contributed by atoms with Crippen LogP contribution in [0.25, 0.3) is 0 Å². The van der Waals surface area contributed by atoms with Crippen LogP contribution in [-0.2, 0) is 4.79 Å². The number of hydrogen-bond donors (Lipinski definition) is 1. The Balaban J connectivity index is 1.62. The number of carbonyl (C=O) groups is 1. The Morgan fingerprint density at radius 3 is 2.71 bits per heavy atom. The van der Waals surface area contributed by atoms with E-state index in [0.29, 0.717) is 12.4 Å². The second-order valence-corrected chi connectivity index (χ2v) is 7.38. The Morgan fingerprint density at radius 1 is 1.14 bits per heavy atom. The van der Waals surface area contributed by atoms with Crippen LogP contribution in [0, 0.1) is 18.7 Å².